The number of carbonyl (C=O) groups is 1. The van der Waals surface area contributed by atoms with Crippen LogP contribution in [0.5, 0.6) is 0 Å². The average molecular weight is 431 g/mol. The maximum atomic E-state index is 13.6. The fraction of sp³-hybridized carbons (Fsp3) is 0.333. The Morgan fingerprint density at radius 1 is 1.06 bits per heavy atom. The van der Waals surface area contributed by atoms with E-state index in [2.05, 4.69) is 15.2 Å². The van der Waals surface area contributed by atoms with Crippen molar-refractivity contribution in [3.63, 3.8) is 0 Å². The Labute approximate surface area is 186 Å². The van der Waals surface area contributed by atoms with Crippen molar-refractivity contribution in [3.8, 4) is 11.3 Å². The molecule has 3 aromatic heterocycles. The Hall–Kier alpha value is -3.52. The van der Waals surface area contributed by atoms with Gasteiger partial charge in [-0.25, -0.2) is 4.98 Å². The molecule has 0 aliphatic carbocycles. The van der Waals surface area contributed by atoms with E-state index < -0.39 is 0 Å². The summed E-state index contributed by atoms with van der Waals surface area (Å²) in [4.78, 5) is 22.7. The Morgan fingerprint density at radius 2 is 1.81 bits per heavy atom. The molecule has 5 rings (SSSR count). The lowest BCUT2D eigenvalue weighted by Gasteiger charge is -2.34. The van der Waals surface area contributed by atoms with Crippen LogP contribution in [0.15, 0.2) is 47.0 Å². The van der Waals surface area contributed by atoms with Gasteiger partial charge in [-0.3, -0.25) is 14.4 Å². The molecule has 32 heavy (non-hydrogen) atoms. The molecule has 164 valence electrons. The van der Waals surface area contributed by atoms with Gasteiger partial charge in [-0.05, 0) is 19.9 Å². The number of pyridine rings is 1. The third-order valence-electron chi connectivity index (χ3n) is 5.98. The molecule has 8 heteroatoms. The zero-order chi connectivity index (χ0) is 22.2. The van der Waals surface area contributed by atoms with E-state index in [0.29, 0.717) is 25.2 Å². The second kappa shape index (κ2) is 8.20. The molecule has 4 heterocycles. The summed E-state index contributed by atoms with van der Waals surface area (Å²) in [5.74, 6) is 0.887. The lowest BCUT2D eigenvalue weighted by atomic mass is 10.0. The number of rotatable bonds is 4. The van der Waals surface area contributed by atoms with Gasteiger partial charge in [0.25, 0.3) is 5.91 Å². The molecule has 0 bridgehead atoms. The smallest absolute Gasteiger partial charge is 0.254 e. The fourth-order valence-electron chi connectivity index (χ4n) is 4.36. The largest absolute Gasteiger partial charge is 0.360 e. The van der Waals surface area contributed by atoms with E-state index in [-0.39, 0.29) is 5.91 Å². The average Bonchev–Trinajstić information content (AvgIpc) is 3.35. The number of nitrogens with zero attached hydrogens (tertiary/aromatic N) is 6. The highest BCUT2D eigenvalue weighted by Crippen LogP contribution is 2.28. The van der Waals surface area contributed by atoms with Gasteiger partial charge >= 0.3 is 0 Å². The molecule has 0 saturated carbocycles. The molecular weight excluding hydrogens is 404 g/mol. The quantitative estimate of drug-likeness (QED) is 0.495. The Balaban J connectivity index is 1.42. The summed E-state index contributed by atoms with van der Waals surface area (Å²) in [6.45, 7) is 7.46. The zero-order valence-electron chi connectivity index (χ0n) is 18.6. The maximum absolute atomic E-state index is 13.6. The first kappa shape index (κ1) is 20.4. The Bertz CT molecular complexity index is 1270. The van der Waals surface area contributed by atoms with Crippen molar-refractivity contribution in [3.05, 3.63) is 65.2 Å². The summed E-state index contributed by atoms with van der Waals surface area (Å²) in [6.07, 6.45) is 0. The van der Waals surface area contributed by atoms with Gasteiger partial charge in [0.05, 0.1) is 34.6 Å². The van der Waals surface area contributed by atoms with Gasteiger partial charge in [0.1, 0.15) is 0 Å². The lowest BCUT2D eigenvalue weighted by Crippen LogP contribution is -2.48. The summed E-state index contributed by atoms with van der Waals surface area (Å²) in [5, 5.41) is 9.32. The Kier molecular flexibility index (Phi) is 5.22. The molecule has 0 N–H and O–H groups in total. The van der Waals surface area contributed by atoms with Crippen LogP contribution >= 0.6 is 0 Å². The van der Waals surface area contributed by atoms with Crippen LogP contribution in [0, 0.1) is 13.8 Å². The van der Waals surface area contributed by atoms with E-state index in [1.54, 1.807) is 4.68 Å². The van der Waals surface area contributed by atoms with Crippen LogP contribution in [-0.2, 0) is 13.6 Å². The second-order valence-electron chi connectivity index (χ2n) is 8.33. The van der Waals surface area contributed by atoms with Crippen LogP contribution in [-0.4, -0.2) is 61.8 Å². The third kappa shape index (κ3) is 3.78. The summed E-state index contributed by atoms with van der Waals surface area (Å²) >= 11 is 0. The van der Waals surface area contributed by atoms with Gasteiger partial charge in [-0.15, -0.1) is 0 Å². The van der Waals surface area contributed by atoms with Crippen LogP contribution < -0.4 is 0 Å². The van der Waals surface area contributed by atoms with E-state index in [1.165, 1.54) is 0 Å². The van der Waals surface area contributed by atoms with Crippen molar-refractivity contribution in [1.29, 1.82) is 0 Å². The summed E-state index contributed by atoms with van der Waals surface area (Å²) in [5.41, 5.74) is 4.86. The maximum Gasteiger partial charge on any atom is 0.254 e. The highest BCUT2D eigenvalue weighted by Gasteiger charge is 2.26. The normalized spacial score (nSPS) is 14.9. The minimum atomic E-state index is 0.0286. The molecule has 8 nitrogen and oxygen atoms in total. The molecule has 0 radical (unpaired) electrons. The monoisotopic (exact) mass is 430 g/mol. The SMILES string of the molecule is Cc1cc(CN2CCN(C(=O)c3cc(-c4ccccc4)nc4c3c(C)nn4C)CC2)on1. The van der Waals surface area contributed by atoms with Crippen molar-refractivity contribution >= 4 is 16.9 Å². The standard InChI is InChI=1S/C24H26N6O2/c1-16-13-19(32-27-16)15-29-9-11-30(12-10-29)24(31)20-14-21(18-7-5-4-6-8-18)25-23-22(20)17(2)26-28(23)3/h4-8,13-14H,9-12,15H2,1-3H3. The first-order valence-electron chi connectivity index (χ1n) is 10.8. The van der Waals surface area contributed by atoms with Crippen molar-refractivity contribution < 1.29 is 9.32 Å². The Morgan fingerprint density at radius 3 is 2.50 bits per heavy atom. The van der Waals surface area contributed by atoms with Crippen molar-refractivity contribution in [2.24, 2.45) is 7.05 Å². The van der Waals surface area contributed by atoms with Gasteiger partial charge in [0.2, 0.25) is 0 Å². The highest BCUT2D eigenvalue weighted by molar-refractivity contribution is 6.07. The lowest BCUT2D eigenvalue weighted by molar-refractivity contribution is 0.0619. The van der Waals surface area contributed by atoms with E-state index in [0.717, 1.165) is 52.5 Å². The minimum absolute atomic E-state index is 0.0286. The van der Waals surface area contributed by atoms with Crippen LogP contribution in [0.4, 0.5) is 0 Å². The van der Waals surface area contributed by atoms with Gasteiger partial charge in [0, 0.05) is 44.9 Å². The number of fused-ring (bicyclic) bond motifs is 1. The summed E-state index contributed by atoms with van der Waals surface area (Å²) in [7, 11) is 1.87. The van der Waals surface area contributed by atoms with Crippen LogP contribution in [0.1, 0.15) is 27.5 Å². The highest BCUT2D eigenvalue weighted by atomic mass is 16.5. The summed E-state index contributed by atoms with van der Waals surface area (Å²) < 4.78 is 7.10. The van der Waals surface area contributed by atoms with Crippen molar-refractivity contribution in [2.75, 3.05) is 26.2 Å². The molecule has 4 aromatic rings. The molecule has 1 saturated heterocycles. The molecule has 1 aromatic carbocycles. The first-order chi connectivity index (χ1) is 15.5. The van der Waals surface area contributed by atoms with Crippen LogP contribution in [0.25, 0.3) is 22.3 Å². The minimum Gasteiger partial charge on any atom is -0.360 e. The molecular formula is C24H26N6O2. The summed E-state index contributed by atoms with van der Waals surface area (Å²) in [6, 6.07) is 13.8. The molecule has 1 aliphatic rings. The third-order valence-corrected chi connectivity index (χ3v) is 5.98. The van der Waals surface area contributed by atoms with Crippen LogP contribution in [0.2, 0.25) is 0 Å². The topological polar surface area (TPSA) is 80.3 Å². The molecule has 1 amide bonds. The number of hydrogen-bond acceptors (Lipinski definition) is 6. The molecule has 0 unspecified atom stereocenters. The number of aryl methyl sites for hydroxylation is 3. The molecule has 1 aliphatic heterocycles. The van der Waals surface area contributed by atoms with Crippen molar-refractivity contribution in [2.45, 2.75) is 20.4 Å². The fourth-order valence-corrected chi connectivity index (χ4v) is 4.36. The number of carbonyl (C=O) groups excluding carboxylic acids is 1. The van der Waals surface area contributed by atoms with Gasteiger partial charge in [-0.2, -0.15) is 5.10 Å². The molecule has 0 spiro atoms. The van der Waals surface area contributed by atoms with E-state index >= 15 is 0 Å². The number of hydrogen-bond donors (Lipinski definition) is 0. The molecule has 1 fully saturated rings. The van der Waals surface area contributed by atoms with Crippen molar-refractivity contribution in [1.82, 2.24) is 29.7 Å². The molecule has 0 atom stereocenters. The number of benzene rings is 1. The van der Waals surface area contributed by atoms with Gasteiger partial charge < -0.3 is 9.42 Å². The number of amides is 1. The van der Waals surface area contributed by atoms with Gasteiger partial charge in [0.15, 0.2) is 11.4 Å². The van der Waals surface area contributed by atoms with Crippen LogP contribution in [0.3, 0.4) is 0 Å². The predicted octanol–water partition coefficient (Wildman–Crippen LogP) is 3.20. The van der Waals surface area contributed by atoms with E-state index in [4.69, 9.17) is 9.51 Å². The second-order valence-corrected chi connectivity index (χ2v) is 8.33. The van der Waals surface area contributed by atoms with E-state index in [1.807, 2.05) is 68.3 Å². The predicted molar refractivity (Wildman–Crippen MR) is 121 cm³/mol. The van der Waals surface area contributed by atoms with E-state index in [9.17, 15) is 4.79 Å². The number of aromatic nitrogens is 4. The van der Waals surface area contributed by atoms with Gasteiger partial charge in [-0.1, -0.05) is 35.5 Å². The number of piperazine rings is 1. The first-order valence-corrected chi connectivity index (χ1v) is 10.8. The zero-order valence-corrected chi connectivity index (χ0v) is 18.6.